The van der Waals surface area contributed by atoms with Crippen LogP contribution in [0.1, 0.15) is 32.4 Å². The van der Waals surface area contributed by atoms with Gasteiger partial charge < -0.3 is 10.6 Å². The predicted molar refractivity (Wildman–Crippen MR) is 65.1 cm³/mol. The van der Waals surface area contributed by atoms with E-state index in [1.165, 1.54) is 12.8 Å². The lowest BCUT2D eigenvalue weighted by atomic mass is 9.93. The molecule has 2 atom stereocenters. The molecule has 16 heavy (non-hydrogen) atoms. The van der Waals surface area contributed by atoms with Gasteiger partial charge in [0.15, 0.2) is 0 Å². The fraction of sp³-hybridized carbons (Fsp3) is 0.667. The Balaban J connectivity index is 2.11. The van der Waals surface area contributed by atoms with E-state index in [0.29, 0.717) is 12.6 Å². The Bertz CT molecular complexity index is 335. The molecule has 1 aliphatic heterocycles. The highest BCUT2D eigenvalue weighted by atomic mass is 15.2. The van der Waals surface area contributed by atoms with E-state index in [9.17, 15) is 0 Å². The van der Waals surface area contributed by atoms with Crippen molar-refractivity contribution in [3.8, 4) is 0 Å². The van der Waals surface area contributed by atoms with Gasteiger partial charge >= 0.3 is 0 Å². The van der Waals surface area contributed by atoms with Crippen molar-refractivity contribution in [2.45, 2.75) is 39.3 Å². The van der Waals surface area contributed by atoms with Crippen LogP contribution in [-0.2, 0) is 6.54 Å². The highest BCUT2D eigenvalue weighted by Crippen LogP contribution is 2.25. The summed E-state index contributed by atoms with van der Waals surface area (Å²) in [6.07, 6.45) is 6.10. The average molecular weight is 220 g/mol. The lowest BCUT2D eigenvalue weighted by Gasteiger charge is -2.37. The number of rotatable bonds is 2. The van der Waals surface area contributed by atoms with E-state index in [4.69, 9.17) is 5.73 Å². The molecule has 0 amide bonds. The number of nitrogens with zero attached hydrogens (tertiary/aromatic N) is 3. The van der Waals surface area contributed by atoms with E-state index in [0.717, 1.165) is 24.0 Å². The van der Waals surface area contributed by atoms with Crippen molar-refractivity contribution < 1.29 is 0 Å². The normalized spacial score (nSPS) is 25.8. The molecule has 0 spiro atoms. The van der Waals surface area contributed by atoms with Gasteiger partial charge in [0.25, 0.3) is 0 Å². The summed E-state index contributed by atoms with van der Waals surface area (Å²) in [6, 6.07) is 0.557. The standard InChI is InChI=1S/C12H20N4/c1-9-3-4-16(10(2)5-9)12-8-14-11(6-13)7-15-12/h7-10H,3-6,13H2,1-2H3. The van der Waals surface area contributed by atoms with Crippen molar-refractivity contribution in [3.63, 3.8) is 0 Å². The lowest BCUT2D eigenvalue weighted by molar-refractivity contribution is 0.375. The molecule has 1 aromatic heterocycles. The summed E-state index contributed by atoms with van der Waals surface area (Å²) in [7, 11) is 0. The van der Waals surface area contributed by atoms with Crippen LogP contribution in [0.4, 0.5) is 5.82 Å². The SMILES string of the molecule is CC1CCN(c2cnc(CN)cn2)C(C)C1. The molecule has 2 rings (SSSR count). The first-order valence-corrected chi connectivity index (χ1v) is 5.98. The van der Waals surface area contributed by atoms with Crippen molar-refractivity contribution in [2.75, 3.05) is 11.4 Å². The van der Waals surface area contributed by atoms with Crippen LogP contribution in [0.15, 0.2) is 12.4 Å². The summed E-state index contributed by atoms with van der Waals surface area (Å²) >= 11 is 0. The molecule has 88 valence electrons. The lowest BCUT2D eigenvalue weighted by Crippen LogP contribution is -2.40. The summed E-state index contributed by atoms with van der Waals surface area (Å²) < 4.78 is 0. The Labute approximate surface area is 96.9 Å². The van der Waals surface area contributed by atoms with Crippen molar-refractivity contribution in [3.05, 3.63) is 18.1 Å². The van der Waals surface area contributed by atoms with Crippen molar-refractivity contribution in [1.29, 1.82) is 0 Å². The average Bonchev–Trinajstić information content (AvgIpc) is 2.29. The summed E-state index contributed by atoms with van der Waals surface area (Å²) in [4.78, 5) is 11.1. The van der Waals surface area contributed by atoms with Crippen LogP contribution in [0.5, 0.6) is 0 Å². The number of aromatic nitrogens is 2. The molecular formula is C12H20N4. The Hall–Kier alpha value is -1.16. The maximum atomic E-state index is 5.51. The Morgan fingerprint density at radius 1 is 1.38 bits per heavy atom. The number of hydrogen-bond donors (Lipinski definition) is 1. The van der Waals surface area contributed by atoms with Gasteiger partial charge in [-0.1, -0.05) is 6.92 Å². The van der Waals surface area contributed by atoms with Crippen molar-refractivity contribution in [1.82, 2.24) is 9.97 Å². The van der Waals surface area contributed by atoms with Gasteiger partial charge in [-0.05, 0) is 25.7 Å². The molecule has 1 saturated heterocycles. The third kappa shape index (κ3) is 2.32. The van der Waals surface area contributed by atoms with Gasteiger partial charge in [0.2, 0.25) is 0 Å². The van der Waals surface area contributed by atoms with Crippen molar-refractivity contribution >= 4 is 5.82 Å². The molecule has 2 N–H and O–H groups in total. The second-order valence-corrected chi connectivity index (χ2v) is 4.74. The molecule has 0 aliphatic carbocycles. The van der Waals surface area contributed by atoms with Gasteiger partial charge in [0, 0.05) is 19.1 Å². The number of nitrogens with two attached hydrogens (primary N) is 1. The van der Waals surface area contributed by atoms with Gasteiger partial charge in [-0.15, -0.1) is 0 Å². The Morgan fingerprint density at radius 2 is 2.19 bits per heavy atom. The van der Waals surface area contributed by atoms with Crippen LogP contribution < -0.4 is 10.6 Å². The summed E-state index contributed by atoms with van der Waals surface area (Å²) in [5.74, 6) is 1.80. The smallest absolute Gasteiger partial charge is 0.147 e. The van der Waals surface area contributed by atoms with Gasteiger partial charge in [0.05, 0.1) is 18.1 Å². The number of piperidine rings is 1. The van der Waals surface area contributed by atoms with Crippen LogP contribution in [-0.4, -0.2) is 22.6 Å². The van der Waals surface area contributed by atoms with Gasteiger partial charge in [-0.25, -0.2) is 4.98 Å². The third-order valence-electron chi connectivity index (χ3n) is 3.33. The zero-order valence-electron chi connectivity index (χ0n) is 10.1. The summed E-state index contributed by atoms with van der Waals surface area (Å²) in [6.45, 7) is 6.12. The molecule has 0 bridgehead atoms. The van der Waals surface area contributed by atoms with Crippen LogP contribution in [0.2, 0.25) is 0 Å². The Kier molecular flexibility index (Phi) is 3.39. The zero-order chi connectivity index (χ0) is 11.5. The van der Waals surface area contributed by atoms with Crippen LogP contribution in [0.25, 0.3) is 0 Å². The molecule has 1 aromatic rings. The maximum Gasteiger partial charge on any atom is 0.147 e. The van der Waals surface area contributed by atoms with Gasteiger partial charge in [-0.3, -0.25) is 4.98 Å². The third-order valence-corrected chi connectivity index (χ3v) is 3.33. The highest BCUT2D eigenvalue weighted by molar-refractivity contribution is 5.37. The maximum absolute atomic E-state index is 5.51. The topological polar surface area (TPSA) is 55.0 Å². The molecule has 0 aromatic carbocycles. The fourth-order valence-corrected chi connectivity index (χ4v) is 2.35. The minimum absolute atomic E-state index is 0.458. The van der Waals surface area contributed by atoms with E-state index in [-0.39, 0.29) is 0 Å². The fourth-order valence-electron chi connectivity index (χ4n) is 2.35. The predicted octanol–water partition coefficient (Wildman–Crippen LogP) is 1.56. The van der Waals surface area contributed by atoms with Gasteiger partial charge in [0.1, 0.15) is 5.82 Å². The van der Waals surface area contributed by atoms with Gasteiger partial charge in [-0.2, -0.15) is 0 Å². The Morgan fingerprint density at radius 3 is 2.75 bits per heavy atom. The van der Waals surface area contributed by atoms with E-state index >= 15 is 0 Å². The summed E-state index contributed by atoms with van der Waals surface area (Å²) in [5.41, 5.74) is 6.36. The first kappa shape index (κ1) is 11.3. The molecule has 4 heteroatoms. The first-order chi connectivity index (χ1) is 7.70. The number of hydrogen-bond acceptors (Lipinski definition) is 4. The molecule has 1 aliphatic rings. The molecule has 2 heterocycles. The molecule has 1 fully saturated rings. The van der Waals surface area contributed by atoms with Crippen LogP contribution in [0, 0.1) is 5.92 Å². The summed E-state index contributed by atoms with van der Waals surface area (Å²) in [5, 5.41) is 0. The number of anilines is 1. The van der Waals surface area contributed by atoms with E-state index < -0.39 is 0 Å². The zero-order valence-corrected chi connectivity index (χ0v) is 10.1. The highest BCUT2D eigenvalue weighted by Gasteiger charge is 2.23. The van der Waals surface area contributed by atoms with E-state index in [2.05, 4.69) is 28.7 Å². The molecule has 4 nitrogen and oxygen atoms in total. The molecule has 0 saturated carbocycles. The monoisotopic (exact) mass is 220 g/mol. The molecular weight excluding hydrogens is 200 g/mol. The second kappa shape index (κ2) is 4.78. The first-order valence-electron chi connectivity index (χ1n) is 5.98. The molecule has 0 radical (unpaired) electrons. The largest absolute Gasteiger partial charge is 0.353 e. The quantitative estimate of drug-likeness (QED) is 0.821. The van der Waals surface area contributed by atoms with E-state index in [1.807, 2.05) is 6.20 Å². The minimum atomic E-state index is 0.458. The van der Waals surface area contributed by atoms with Crippen LogP contribution in [0.3, 0.4) is 0 Å². The van der Waals surface area contributed by atoms with Crippen LogP contribution >= 0.6 is 0 Å². The van der Waals surface area contributed by atoms with Crippen molar-refractivity contribution in [2.24, 2.45) is 11.7 Å². The van der Waals surface area contributed by atoms with E-state index in [1.54, 1.807) is 6.20 Å². The minimum Gasteiger partial charge on any atom is -0.353 e. The second-order valence-electron chi connectivity index (χ2n) is 4.74. The molecule has 2 unspecified atom stereocenters.